The first kappa shape index (κ1) is 13.4. The monoisotopic (exact) mass is 214 g/mol. The Morgan fingerprint density at radius 3 is 2.64 bits per heavy atom. The largest absolute Gasteiger partial charge is 0.330 e. The quantitative estimate of drug-likeness (QED) is 0.807. The Morgan fingerprint density at radius 1 is 1.36 bits per heavy atom. The van der Waals surface area contributed by atoms with Crippen LogP contribution in [0.15, 0.2) is 24.3 Å². The first-order valence-corrected chi connectivity index (χ1v) is 4.76. The van der Waals surface area contributed by atoms with Gasteiger partial charge < -0.3 is 11.5 Å². The van der Waals surface area contributed by atoms with Crippen LogP contribution < -0.4 is 11.5 Å². The zero-order chi connectivity index (χ0) is 9.68. The molecule has 0 radical (unpaired) electrons. The molecule has 0 unspecified atom stereocenters. The average Bonchev–Trinajstić information content (AvgIpc) is 2.14. The lowest BCUT2D eigenvalue weighted by molar-refractivity contribution is 0.617. The fourth-order valence-corrected chi connectivity index (χ4v) is 1.41. The maximum absolute atomic E-state index is 5.99. The minimum absolute atomic E-state index is 0. The number of nitrogens with two attached hydrogens (primary N) is 2. The van der Waals surface area contributed by atoms with Crippen molar-refractivity contribution in [3.63, 3.8) is 0 Å². The van der Waals surface area contributed by atoms with Gasteiger partial charge in [-0.1, -0.05) is 29.8 Å². The highest BCUT2D eigenvalue weighted by Gasteiger charge is 2.04. The maximum Gasteiger partial charge on any atom is 0.0295 e. The molecule has 1 aromatic rings. The molecule has 0 aliphatic rings. The van der Waals surface area contributed by atoms with Crippen LogP contribution in [0.5, 0.6) is 0 Å². The molecule has 0 amide bonds. The van der Waals surface area contributed by atoms with Gasteiger partial charge in [0, 0.05) is 6.04 Å². The van der Waals surface area contributed by atoms with Gasteiger partial charge in [0.1, 0.15) is 0 Å². The molecule has 0 heterocycles. The molecule has 14 heavy (non-hydrogen) atoms. The minimum Gasteiger partial charge on any atom is -0.330 e. The van der Waals surface area contributed by atoms with E-state index in [1.807, 2.05) is 6.07 Å². The summed E-state index contributed by atoms with van der Waals surface area (Å²) in [5, 5.41) is 0. The first-order chi connectivity index (χ1) is 6.24. The molecule has 80 valence electrons. The van der Waals surface area contributed by atoms with Gasteiger partial charge in [-0.05, 0) is 31.9 Å². The maximum atomic E-state index is 5.99. The second-order valence-electron chi connectivity index (χ2n) is 3.45. The van der Waals surface area contributed by atoms with E-state index >= 15 is 0 Å². The summed E-state index contributed by atoms with van der Waals surface area (Å²) < 4.78 is 0. The molecule has 0 aliphatic carbocycles. The van der Waals surface area contributed by atoms with Crippen LogP contribution in [-0.2, 0) is 0 Å². The van der Waals surface area contributed by atoms with Crippen LogP contribution in [0, 0.1) is 6.92 Å². The molecule has 4 N–H and O–H groups in total. The lowest BCUT2D eigenvalue weighted by Crippen LogP contribution is -2.12. The molecule has 0 saturated heterocycles. The zero-order valence-electron chi connectivity index (χ0n) is 8.57. The number of hydrogen-bond acceptors (Lipinski definition) is 2. The third-order valence-electron chi connectivity index (χ3n) is 2.19. The van der Waals surface area contributed by atoms with Gasteiger partial charge in [0.2, 0.25) is 0 Å². The van der Waals surface area contributed by atoms with Gasteiger partial charge in [-0.25, -0.2) is 0 Å². The van der Waals surface area contributed by atoms with Gasteiger partial charge in [0.25, 0.3) is 0 Å². The fourth-order valence-electron chi connectivity index (χ4n) is 1.41. The number of halogens is 1. The summed E-state index contributed by atoms with van der Waals surface area (Å²) in [7, 11) is 0. The Kier molecular flexibility index (Phi) is 6.54. The van der Waals surface area contributed by atoms with Gasteiger partial charge in [-0.2, -0.15) is 0 Å². The molecule has 0 aliphatic heterocycles. The smallest absolute Gasteiger partial charge is 0.0295 e. The standard InChI is InChI=1S/C11H18N2.ClH/c1-9-4-2-5-10(8-9)11(13)6-3-7-12;/h2,4-5,8,11H,3,6-7,12-13H2,1H3;1H/t11-;/m0./s1. The molecule has 3 heteroatoms. The van der Waals surface area contributed by atoms with Crippen LogP contribution in [0.4, 0.5) is 0 Å². The van der Waals surface area contributed by atoms with Gasteiger partial charge in [-0.15, -0.1) is 12.4 Å². The molecular weight excluding hydrogens is 196 g/mol. The van der Waals surface area contributed by atoms with Crippen molar-refractivity contribution in [3.05, 3.63) is 35.4 Å². The second-order valence-corrected chi connectivity index (χ2v) is 3.45. The summed E-state index contributed by atoms with van der Waals surface area (Å²) in [6.45, 7) is 2.80. The molecule has 0 bridgehead atoms. The Morgan fingerprint density at radius 2 is 2.07 bits per heavy atom. The van der Waals surface area contributed by atoms with Crippen molar-refractivity contribution in [3.8, 4) is 0 Å². The van der Waals surface area contributed by atoms with Crippen LogP contribution in [0.1, 0.15) is 30.0 Å². The van der Waals surface area contributed by atoms with E-state index in [0.717, 1.165) is 19.4 Å². The van der Waals surface area contributed by atoms with Crippen LogP contribution in [0.25, 0.3) is 0 Å². The highest BCUT2D eigenvalue weighted by atomic mass is 35.5. The molecule has 1 atom stereocenters. The number of hydrogen-bond donors (Lipinski definition) is 2. The molecule has 1 rings (SSSR count). The van der Waals surface area contributed by atoms with E-state index in [1.54, 1.807) is 0 Å². The van der Waals surface area contributed by atoms with Crippen LogP contribution in [0.3, 0.4) is 0 Å². The SMILES string of the molecule is Cc1cccc([C@@H](N)CCCN)c1.Cl. The average molecular weight is 215 g/mol. The van der Waals surface area contributed by atoms with Crippen molar-refractivity contribution in [2.45, 2.75) is 25.8 Å². The van der Waals surface area contributed by atoms with Gasteiger partial charge in [0.15, 0.2) is 0 Å². The first-order valence-electron chi connectivity index (χ1n) is 4.76. The van der Waals surface area contributed by atoms with E-state index in [0.29, 0.717) is 0 Å². The topological polar surface area (TPSA) is 52.0 Å². The van der Waals surface area contributed by atoms with E-state index in [9.17, 15) is 0 Å². The Hall–Kier alpha value is -0.570. The van der Waals surface area contributed by atoms with Crippen LogP contribution in [0.2, 0.25) is 0 Å². The summed E-state index contributed by atoms with van der Waals surface area (Å²) >= 11 is 0. The van der Waals surface area contributed by atoms with E-state index in [1.165, 1.54) is 11.1 Å². The number of rotatable bonds is 4. The minimum atomic E-state index is 0. The predicted octanol–water partition coefficient (Wildman–Crippen LogP) is 2.16. The van der Waals surface area contributed by atoms with Crippen molar-refractivity contribution in [2.75, 3.05) is 6.54 Å². The summed E-state index contributed by atoms with van der Waals surface area (Å²) in [5.41, 5.74) is 13.9. The molecule has 0 spiro atoms. The molecule has 1 aromatic carbocycles. The van der Waals surface area contributed by atoms with E-state index in [2.05, 4.69) is 25.1 Å². The number of aryl methyl sites for hydroxylation is 1. The summed E-state index contributed by atoms with van der Waals surface area (Å²) in [4.78, 5) is 0. The molecule has 0 aromatic heterocycles. The van der Waals surface area contributed by atoms with Crippen LogP contribution >= 0.6 is 12.4 Å². The second kappa shape index (κ2) is 6.82. The van der Waals surface area contributed by atoms with Crippen molar-refractivity contribution in [1.29, 1.82) is 0 Å². The third kappa shape index (κ3) is 4.09. The van der Waals surface area contributed by atoms with Gasteiger partial charge in [-0.3, -0.25) is 0 Å². The molecule has 0 saturated carbocycles. The highest BCUT2D eigenvalue weighted by Crippen LogP contribution is 2.16. The van der Waals surface area contributed by atoms with E-state index in [4.69, 9.17) is 11.5 Å². The fraction of sp³-hybridized carbons (Fsp3) is 0.455. The predicted molar refractivity (Wildman–Crippen MR) is 63.6 cm³/mol. The van der Waals surface area contributed by atoms with Crippen molar-refractivity contribution < 1.29 is 0 Å². The van der Waals surface area contributed by atoms with Crippen molar-refractivity contribution in [2.24, 2.45) is 11.5 Å². The molecule has 0 fully saturated rings. The Balaban J connectivity index is 0.00000169. The van der Waals surface area contributed by atoms with E-state index < -0.39 is 0 Å². The zero-order valence-corrected chi connectivity index (χ0v) is 9.39. The Bertz CT molecular complexity index is 263. The normalized spacial score (nSPS) is 11.9. The van der Waals surface area contributed by atoms with Gasteiger partial charge in [0.05, 0.1) is 0 Å². The third-order valence-corrected chi connectivity index (χ3v) is 2.19. The summed E-state index contributed by atoms with van der Waals surface area (Å²) in [5.74, 6) is 0. The number of benzene rings is 1. The summed E-state index contributed by atoms with van der Waals surface area (Å²) in [6, 6.07) is 8.49. The van der Waals surface area contributed by atoms with Crippen molar-refractivity contribution >= 4 is 12.4 Å². The molecular formula is C11H19ClN2. The summed E-state index contributed by atoms with van der Waals surface area (Å²) in [6.07, 6.45) is 1.97. The molecule has 2 nitrogen and oxygen atoms in total. The lowest BCUT2D eigenvalue weighted by atomic mass is 10.0. The van der Waals surface area contributed by atoms with E-state index in [-0.39, 0.29) is 18.4 Å². The lowest BCUT2D eigenvalue weighted by Gasteiger charge is -2.11. The Labute approximate surface area is 92.1 Å². The highest BCUT2D eigenvalue weighted by molar-refractivity contribution is 5.85. The van der Waals surface area contributed by atoms with Crippen molar-refractivity contribution in [1.82, 2.24) is 0 Å². The van der Waals surface area contributed by atoms with Gasteiger partial charge >= 0.3 is 0 Å². The van der Waals surface area contributed by atoms with Crippen LogP contribution in [-0.4, -0.2) is 6.54 Å².